The van der Waals surface area contributed by atoms with Gasteiger partial charge in [0, 0.05) is 12.7 Å². The predicted octanol–water partition coefficient (Wildman–Crippen LogP) is 2.99. The average molecular weight is 221 g/mol. The van der Waals surface area contributed by atoms with Crippen molar-refractivity contribution in [2.45, 2.75) is 26.7 Å². The fourth-order valence-corrected chi connectivity index (χ4v) is 1.41. The fraction of sp³-hybridized carbons (Fsp3) is 0.462. The van der Waals surface area contributed by atoms with Gasteiger partial charge in [0.25, 0.3) is 0 Å². The standard InChI is InChI=1S/C13H19NO2/c1-4-5-8-16-13(15)11-7-6-10(2)12(9-11)14-3/h6-7,9,14H,4-5,8H2,1-3H3. The molecule has 0 saturated carbocycles. The second-order valence-corrected chi connectivity index (χ2v) is 3.77. The number of hydrogen-bond acceptors (Lipinski definition) is 3. The number of aryl methyl sites for hydroxylation is 1. The quantitative estimate of drug-likeness (QED) is 0.613. The summed E-state index contributed by atoms with van der Waals surface area (Å²) in [5.41, 5.74) is 2.68. The van der Waals surface area contributed by atoms with Gasteiger partial charge in [0.15, 0.2) is 0 Å². The largest absolute Gasteiger partial charge is 0.462 e. The van der Waals surface area contributed by atoms with Crippen LogP contribution in [-0.4, -0.2) is 19.6 Å². The van der Waals surface area contributed by atoms with E-state index in [1.807, 2.05) is 26.1 Å². The molecule has 0 unspecified atom stereocenters. The lowest BCUT2D eigenvalue weighted by molar-refractivity contribution is 0.0500. The molecule has 3 heteroatoms. The average Bonchev–Trinajstić information content (AvgIpc) is 2.30. The van der Waals surface area contributed by atoms with Crippen molar-refractivity contribution in [2.24, 2.45) is 0 Å². The van der Waals surface area contributed by atoms with Crippen molar-refractivity contribution in [1.82, 2.24) is 0 Å². The van der Waals surface area contributed by atoms with Crippen molar-refractivity contribution in [3.63, 3.8) is 0 Å². The number of ether oxygens (including phenoxy) is 1. The Labute approximate surface area is 96.8 Å². The molecule has 0 aliphatic carbocycles. The SMILES string of the molecule is CCCCOC(=O)c1ccc(C)c(NC)c1. The van der Waals surface area contributed by atoms with E-state index < -0.39 is 0 Å². The topological polar surface area (TPSA) is 38.3 Å². The molecule has 1 aromatic carbocycles. The minimum Gasteiger partial charge on any atom is -0.462 e. The molecular weight excluding hydrogens is 202 g/mol. The third kappa shape index (κ3) is 3.26. The van der Waals surface area contributed by atoms with Crippen molar-refractivity contribution < 1.29 is 9.53 Å². The Balaban J connectivity index is 2.68. The summed E-state index contributed by atoms with van der Waals surface area (Å²) < 4.78 is 5.14. The molecule has 1 N–H and O–H groups in total. The first-order chi connectivity index (χ1) is 7.69. The van der Waals surface area contributed by atoms with Crippen LogP contribution in [-0.2, 0) is 4.74 Å². The second-order valence-electron chi connectivity index (χ2n) is 3.77. The zero-order chi connectivity index (χ0) is 12.0. The zero-order valence-corrected chi connectivity index (χ0v) is 10.2. The van der Waals surface area contributed by atoms with E-state index in [9.17, 15) is 4.79 Å². The summed E-state index contributed by atoms with van der Waals surface area (Å²) in [7, 11) is 1.84. The van der Waals surface area contributed by atoms with Crippen molar-refractivity contribution in [3.8, 4) is 0 Å². The number of esters is 1. The van der Waals surface area contributed by atoms with Gasteiger partial charge >= 0.3 is 5.97 Å². The van der Waals surface area contributed by atoms with Crippen molar-refractivity contribution >= 4 is 11.7 Å². The van der Waals surface area contributed by atoms with E-state index in [4.69, 9.17) is 4.74 Å². The van der Waals surface area contributed by atoms with Crippen LogP contribution < -0.4 is 5.32 Å². The fourth-order valence-electron chi connectivity index (χ4n) is 1.41. The molecule has 0 radical (unpaired) electrons. The number of carbonyl (C=O) groups excluding carboxylic acids is 1. The summed E-state index contributed by atoms with van der Waals surface area (Å²) in [6.07, 6.45) is 1.94. The molecule has 0 aromatic heterocycles. The Kier molecular flexibility index (Phi) is 4.83. The van der Waals surface area contributed by atoms with E-state index in [2.05, 4.69) is 12.2 Å². The van der Waals surface area contributed by atoms with E-state index >= 15 is 0 Å². The van der Waals surface area contributed by atoms with Crippen LogP contribution in [0.15, 0.2) is 18.2 Å². The molecule has 0 atom stereocenters. The number of rotatable bonds is 5. The van der Waals surface area contributed by atoms with Gasteiger partial charge in [-0.1, -0.05) is 19.4 Å². The molecule has 1 aromatic rings. The molecule has 0 aliphatic heterocycles. The maximum Gasteiger partial charge on any atom is 0.338 e. The molecule has 16 heavy (non-hydrogen) atoms. The van der Waals surface area contributed by atoms with Gasteiger partial charge in [0.1, 0.15) is 0 Å². The molecule has 88 valence electrons. The van der Waals surface area contributed by atoms with Crippen LogP contribution in [0, 0.1) is 6.92 Å². The van der Waals surface area contributed by atoms with Gasteiger partial charge in [-0.15, -0.1) is 0 Å². The normalized spacial score (nSPS) is 9.94. The van der Waals surface area contributed by atoms with Gasteiger partial charge < -0.3 is 10.1 Å². The van der Waals surface area contributed by atoms with Crippen LogP contribution in [0.5, 0.6) is 0 Å². The lowest BCUT2D eigenvalue weighted by Crippen LogP contribution is -2.07. The maximum absolute atomic E-state index is 11.6. The molecule has 0 amide bonds. The van der Waals surface area contributed by atoms with Crippen molar-refractivity contribution in [2.75, 3.05) is 19.0 Å². The summed E-state index contributed by atoms with van der Waals surface area (Å²) in [5, 5.41) is 3.05. The van der Waals surface area contributed by atoms with E-state index in [0.29, 0.717) is 12.2 Å². The number of carbonyl (C=O) groups is 1. The van der Waals surface area contributed by atoms with E-state index in [1.165, 1.54) is 0 Å². The second kappa shape index (κ2) is 6.16. The highest BCUT2D eigenvalue weighted by atomic mass is 16.5. The van der Waals surface area contributed by atoms with E-state index in [1.54, 1.807) is 6.07 Å². The van der Waals surface area contributed by atoms with Crippen LogP contribution in [0.25, 0.3) is 0 Å². The molecular formula is C13H19NO2. The van der Waals surface area contributed by atoms with Gasteiger partial charge in [-0.3, -0.25) is 0 Å². The molecule has 0 aliphatic rings. The highest BCUT2D eigenvalue weighted by molar-refractivity contribution is 5.90. The van der Waals surface area contributed by atoms with Crippen LogP contribution in [0.4, 0.5) is 5.69 Å². The van der Waals surface area contributed by atoms with E-state index in [0.717, 1.165) is 24.1 Å². The minimum absolute atomic E-state index is 0.245. The molecule has 0 saturated heterocycles. The van der Waals surface area contributed by atoms with Gasteiger partial charge in [-0.05, 0) is 31.0 Å². The summed E-state index contributed by atoms with van der Waals surface area (Å²) in [6, 6.07) is 5.54. The monoisotopic (exact) mass is 221 g/mol. The van der Waals surface area contributed by atoms with Gasteiger partial charge in [0.2, 0.25) is 0 Å². The Hall–Kier alpha value is -1.51. The first-order valence-corrected chi connectivity index (χ1v) is 5.64. The molecule has 0 bridgehead atoms. The Morgan fingerprint density at radius 2 is 2.19 bits per heavy atom. The number of anilines is 1. The summed E-state index contributed by atoms with van der Waals surface area (Å²) in [6.45, 7) is 4.56. The summed E-state index contributed by atoms with van der Waals surface area (Å²) in [4.78, 5) is 11.6. The van der Waals surface area contributed by atoms with Gasteiger partial charge in [-0.25, -0.2) is 4.79 Å². The van der Waals surface area contributed by atoms with Gasteiger partial charge in [-0.2, -0.15) is 0 Å². The smallest absolute Gasteiger partial charge is 0.338 e. The van der Waals surface area contributed by atoms with Crippen molar-refractivity contribution in [1.29, 1.82) is 0 Å². The lowest BCUT2D eigenvalue weighted by Gasteiger charge is -2.08. The third-order valence-electron chi connectivity index (χ3n) is 2.47. The van der Waals surface area contributed by atoms with Crippen LogP contribution in [0.1, 0.15) is 35.7 Å². The third-order valence-corrected chi connectivity index (χ3v) is 2.47. The summed E-state index contributed by atoms with van der Waals surface area (Å²) in [5.74, 6) is -0.245. The molecule has 0 fully saturated rings. The van der Waals surface area contributed by atoms with Crippen LogP contribution >= 0.6 is 0 Å². The Morgan fingerprint density at radius 3 is 2.81 bits per heavy atom. The zero-order valence-electron chi connectivity index (χ0n) is 10.2. The van der Waals surface area contributed by atoms with E-state index in [-0.39, 0.29) is 5.97 Å². The summed E-state index contributed by atoms with van der Waals surface area (Å²) >= 11 is 0. The van der Waals surface area contributed by atoms with Crippen molar-refractivity contribution in [3.05, 3.63) is 29.3 Å². The Bertz CT molecular complexity index is 361. The first kappa shape index (κ1) is 12.6. The molecule has 0 spiro atoms. The van der Waals surface area contributed by atoms with Crippen LogP contribution in [0.2, 0.25) is 0 Å². The van der Waals surface area contributed by atoms with Gasteiger partial charge in [0.05, 0.1) is 12.2 Å². The molecule has 1 rings (SSSR count). The molecule has 0 heterocycles. The molecule has 3 nitrogen and oxygen atoms in total. The number of nitrogens with one attached hydrogen (secondary N) is 1. The number of hydrogen-bond donors (Lipinski definition) is 1. The first-order valence-electron chi connectivity index (χ1n) is 5.64. The Morgan fingerprint density at radius 1 is 1.44 bits per heavy atom. The van der Waals surface area contributed by atoms with Crippen LogP contribution in [0.3, 0.4) is 0 Å². The highest BCUT2D eigenvalue weighted by Gasteiger charge is 2.08. The predicted molar refractivity (Wildman–Crippen MR) is 65.9 cm³/mol. The lowest BCUT2D eigenvalue weighted by atomic mass is 10.1. The number of unbranched alkanes of at least 4 members (excludes halogenated alkanes) is 1. The number of benzene rings is 1. The highest BCUT2D eigenvalue weighted by Crippen LogP contribution is 2.16. The minimum atomic E-state index is -0.245. The maximum atomic E-state index is 11.6.